The van der Waals surface area contributed by atoms with Gasteiger partial charge in [-0.05, 0) is 61.4 Å². The molecule has 2 aromatic rings. The van der Waals surface area contributed by atoms with Crippen LogP contribution < -0.4 is 0 Å². The van der Waals surface area contributed by atoms with Crippen molar-refractivity contribution in [3.05, 3.63) is 59.7 Å². The van der Waals surface area contributed by atoms with Crippen LogP contribution in [0.25, 0.3) is 11.1 Å². The first-order valence-corrected chi connectivity index (χ1v) is 8.83. The number of benzene rings is 2. The molecule has 1 aliphatic carbocycles. The minimum atomic E-state index is -0.622. The summed E-state index contributed by atoms with van der Waals surface area (Å²) < 4.78 is 32.4. The van der Waals surface area contributed by atoms with E-state index in [0.29, 0.717) is 16.7 Å². The number of rotatable bonds is 4. The second-order valence-electron chi connectivity index (χ2n) is 6.66. The van der Waals surface area contributed by atoms with Crippen molar-refractivity contribution in [2.75, 3.05) is 0 Å². The molecule has 0 aliphatic heterocycles. The maximum atomic E-state index is 13.8. The van der Waals surface area contributed by atoms with E-state index >= 15 is 0 Å². The molecule has 0 radical (unpaired) electrons. The first-order valence-electron chi connectivity index (χ1n) is 8.83. The number of carbonyl (C=O) groups is 1. The van der Waals surface area contributed by atoms with E-state index in [0.717, 1.165) is 37.7 Å². The van der Waals surface area contributed by atoms with Crippen molar-refractivity contribution in [1.29, 1.82) is 0 Å². The number of halogens is 2. The summed E-state index contributed by atoms with van der Waals surface area (Å²) in [5.74, 6) is -0.826. The average Bonchev–Trinajstić information content (AvgIpc) is 2.62. The summed E-state index contributed by atoms with van der Waals surface area (Å²) >= 11 is 0. The number of hydrogen-bond donors (Lipinski definition) is 0. The van der Waals surface area contributed by atoms with Gasteiger partial charge in [0.25, 0.3) is 0 Å². The highest BCUT2D eigenvalue weighted by molar-refractivity contribution is 5.90. The molecule has 0 amide bonds. The summed E-state index contributed by atoms with van der Waals surface area (Å²) in [5.41, 5.74) is 1.35. The Balaban J connectivity index is 1.65. The lowest BCUT2D eigenvalue weighted by Crippen LogP contribution is -2.24. The second kappa shape index (κ2) is 7.77. The van der Waals surface area contributed by atoms with E-state index in [2.05, 4.69) is 6.92 Å². The topological polar surface area (TPSA) is 26.3 Å². The number of carbonyl (C=O) groups excluding carboxylic acids is 1. The van der Waals surface area contributed by atoms with E-state index in [1.807, 2.05) is 0 Å². The Morgan fingerprint density at radius 2 is 1.72 bits per heavy atom. The third-order valence-corrected chi connectivity index (χ3v) is 5.01. The Morgan fingerprint density at radius 3 is 2.32 bits per heavy atom. The van der Waals surface area contributed by atoms with Gasteiger partial charge < -0.3 is 4.74 Å². The van der Waals surface area contributed by atoms with Crippen molar-refractivity contribution in [3.63, 3.8) is 0 Å². The molecule has 0 N–H and O–H groups in total. The van der Waals surface area contributed by atoms with Gasteiger partial charge in [-0.25, -0.2) is 13.6 Å². The fraction of sp³-hybridized carbons (Fsp3) is 0.381. The van der Waals surface area contributed by atoms with E-state index in [1.54, 1.807) is 24.3 Å². The summed E-state index contributed by atoms with van der Waals surface area (Å²) in [6.45, 7) is 2.20. The van der Waals surface area contributed by atoms with Gasteiger partial charge in [0.15, 0.2) is 0 Å². The molecule has 0 heterocycles. The fourth-order valence-corrected chi connectivity index (χ4v) is 3.39. The monoisotopic (exact) mass is 344 g/mol. The molecule has 0 saturated heterocycles. The lowest BCUT2D eigenvalue weighted by atomic mass is 9.86. The molecule has 2 aromatic carbocycles. The van der Waals surface area contributed by atoms with Crippen LogP contribution in [0.3, 0.4) is 0 Å². The summed E-state index contributed by atoms with van der Waals surface area (Å²) in [4.78, 5) is 12.3. The van der Waals surface area contributed by atoms with E-state index in [-0.39, 0.29) is 12.1 Å². The van der Waals surface area contributed by atoms with Crippen molar-refractivity contribution >= 4 is 5.97 Å². The van der Waals surface area contributed by atoms with Crippen LogP contribution in [0.5, 0.6) is 0 Å². The Morgan fingerprint density at radius 1 is 1.04 bits per heavy atom. The summed E-state index contributed by atoms with van der Waals surface area (Å²) in [6.07, 6.45) is 5.23. The van der Waals surface area contributed by atoms with Crippen LogP contribution >= 0.6 is 0 Å². The maximum absolute atomic E-state index is 13.8. The summed E-state index contributed by atoms with van der Waals surface area (Å²) in [7, 11) is 0. The third-order valence-electron chi connectivity index (χ3n) is 5.01. The highest BCUT2D eigenvalue weighted by atomic mass is 19.1. The predicted molar refractivity (Wildman–Crippen MR) is 93.2 cm³/mol. The van der Waals surface area contributed by atoms with Crippen LogP contribution in [-0.4, -0.2) is 12.1 Å². The Labute approximate surface area is 146 Å². The van der Waals surface area contributed by atoms with Gasteiger partial charge in [-0.2, -0.15) is 0 Å². The molecule has 132 valence electrons. The molecular weight excluding hydrogens is 322 g/mol. The zero-order valence-electron chi connectivity index (χ0n) is 14.3. The van der Waals surface area contributed by atoms with E-state index < -0.39 is 11.6 Å². The zero-order valence-corrected chi connectivity index (χ0v) is 14.3. The molecule has 1 fully saturated rings. The Kier molecular flexibility index (Phi) is 5.47. The molecule has 0 bridgehead atoms. The van der Waals surface area contributed by atoms with Crippen LogP contribution in [0.4, 0.5) is 8.78 Å². The van der Waals surface area contributed by atoms with Crippen LogP contribution in [0.1, 0.15) is 49.4 Å². The normalized spacial score (nSPS) is 20.3. The average molecular weight is 344 g/mol. The van der Waals surface area contributed by atoms with Crippen molar-refractivity contribution in [1.82, 2.24) is 0 Å². The minimum absolute atomic E-state index is 0.00970. The van der Waals surface area contributed by atoms with Crippen LogP contribution in [0, 0.1) is 17.6 Å². The molecule has 0 atom stereocenters. The molecule has 1 saturated carbocycles. The number of ether oxygens (including phenoxy) is 1. The van der Waals surface area contributed by atoms with Crippen LogP contribution in [0.2, 0.25) is 0 Å². The first-order chi connectivity index (χ1) is 12.1. The molecule has 0 spiro atoms. The Bertz CT molecular complexity index is 732. The standard InChI is InChI=1S/C21H22F2O2/c1-2-14-3-10-18(11-4-14)25-21(24)16-7-5-15(6-8-16)19-12-9-17(22)13-20(19)23/h5-9,12-14,18H,2-4,10-11H2,1H3. The van der Waals surface area contributed by atoms with Crippen LogP contribution in [-0.2, 0) is 4.74 Å². The van der Waals surface area contributed by atoms with Gasteiger partial charge in [-0.1, -0.05) is 25.5 Å². The third kappa shape index (κ3) is 4.25. The van der Waals surface area contributed by atoms with Crippen LogP contribution in [0.15, 0.2) is 42.5 Å². The molecular formula is C21H22F2O2. The van der Waals surface area contributed by atoms with Gasteiger partial charge >= 0.3 is 5.97 Å². The first kappa shape index (κ1) is 17.6. The smallest absolute Gasteiger partial charge is 0.338 e. The van der Waals surface area contributed by atoms with E-state index in [4.69, 9.17) is 4.74 Å². The van der Waals surface area contributed by atoms with Gasteiger partial charge in [-0.15, -0.1) is 0 Å². The summed E-state index contributed by atoms with van der Waals surface area (Å²) in [6, 6.07) is 10.0. The van der Waals surface area contributed by atoms with Gasteiger partial charge in [0.1, 0.15) is 17.7 Å². The molecule has 2 nitrogen and oxygen atoms in total. The van der Waals surface area contributed by atoms with E-state index in [9.17, 15) is 13.6 Å². The lowest BCUT2D eigenvalue weighted by Gasteiger charge is -2.27. The summed E-state index contributed by atoms with van der Waals surface area (Å²) in [5, 5.41) is 0. The number of esters is 1. The van der Waals surface area contributed by atoms with Gasteiger partial charge in [0, 0.05) is 11.6 Å². The fourth-order valence-electron chi connectivity index (χ4n) is 3.39. The zero-order chi connectivity index (χ0) is 17.8. The van der Waals surface area contributed by atoms with Gasteiger partial charge in [0.05, 0.1) is 5.56 Å². The molecule has 0 aromatic heterocycles. The molecule has 1 aliphatic rings. The van der Waals surface area contributed by atoms with Gasteiger partial charge in [-0.3, -0.25) is 0 Å². The molecule has 0 unspecified atom stereocenters. The molecule has 3 rings (SSSR count). The predicted octanol–water partition coefficient (Wildman–Crippen LogP) is 5.76. The molecule has 4 heteroatoms. The quantitative estimate of drug-likeness (QED) is 0.659. The van der Waals surface area contributed by atoms with Crippen molar-refractivity contribution in [3.8, 4) is 11.1 Å². The highest BCUT2D eigenvalue weighted by Crippen LogP contribution is 2.29. The van der Waals surface area contributed by atoms with Crippen molar-refractivity contribution in [2.24, 2.45) is 5.92 Å². The lowest BCUT2D eigenvalue weighted by molar-refractivity contribution is 0.0164. The largest absolute Gasteiger partial charge is 0.459 e. The number of hydrogen-bond acceptors (Lipinski definition) is 2. The maximum Gasteiger partial charge on any atom is 0.338 e. The van der Waals surface area contributed by atoms with Crippen molar-refractivity contribution in [2.45, 2.75) is 45.1 Å². The second-order valence-corrected chi connectivity index (χ2v) is 6.66. The Hall–Kier alpha value is -2.23. The molecule has 25 heavy (non-hydrogen) atoms. The van der Waals surface area contributed by atoms with Gasteiger partial charge in [0.2, 0.25) is 0 Å². The highest BCUT2D eigenvalue weighted by Gasteiger charge is 2.23. The van der Waals surface area contributed by atoms with Crippen molar-refractivity contribution < 1.29 is 18.3 Å². The SMILES string of the molecule is CCC1CCC(OC(=O)c2ccc(-c3ccc(F)cc3F)cc2)CC1. The van der Waals surface area contributed by atoms with E-state index in [1.165, 1.54) is 18.6 Å². The minimum Gasteiger partial charge on any atom is -0.459 e.